The molecular formula is C15H11BrCl2O3. The Morgan fingerprint density at radius 3 is 2.29 bits per heavy atom. The maximum absolute atomic E-state index is 12.1. The van der Waals surface area contributed by atoms with Gasteiger partial charge in [-0.15, -0.1) is 0 Å². The van der Waals surface area contributed by atoms with Crippen LogP contribution in [-0.4, -0.2) is 13.1 Å². The van der Waals surface area contributed by atoms with Gasteiger partial charge in [-0.2, -0.15) is 0 Å². The van der Waals surface area contributed by atoms with Gasteiger partial charge in [-0.3, -0.25) is 0 Å². The summed E-state index contributed by atoms with van der Waals surface area (Å²) < 4.78 is 11.1. The molecule has 0 aliphatic heterocycles. The third kappa shape index (κ3) is 3.70. The van der Waals surface area contributed by atoms with Crippen LogP contribution in [0.25, 0.3) is 0 Å². The number of ether oxygens (including phenoxy) is 2. The highest BCUT2D eigenvalue weighted by Crippen LogP contribution is 2.30. The van der Waals surface area contributed by atoms with E-state index >= 15 is 0 Å². The number of hydrogen-bond donors (Lipinski definition) is 0. The molecule has 3 nitrogen and oxygen atoms in total. The van der Waals surface area contributed by atoms with E-state index in [2.05, 4.69) is 15.9 Å². The predicted octanol–water partition coefficient (Wildman–Crippen LogP) is 5.29. The van der Waals surface area contributed by atoms with Crippen molar-refractivity contribution in [3.8, 4) is 11.5 Å². The van der Waals surface area contributed by atoms with Gasteiger partial charge in [0, 0.05) is 10.0 Å². The number of rotatable bonds is 3. The first-order valence-corrected chi connectivity index (χ1v) is 7.48. The van der Waals surface area contributed by atoms with Crippen molar-refractivity contribution in [3.63, 3.8) is 0 Å². The first-order valence-electron chi connectivity index (χ1n) is 5.93. The summed E-state index contributed by atoms with van der Waals surface area (Å²) in [5.41, 5.74) is 1.13. The molecule has 2 rings (SSSR count). The maximum atomic E-state index is 12.1. The average Bonchev–Trinajstić information content (AvgIpc) is 2.44. The lowest BCUT2D eigenvalue weighted by atomic mass is 10.2. The van der Waals surface area contributed by atoms with Crippen LogP contribution in [0.15, 0.2) is 34.8 Å². The van der Waals surface area contributed by atoms with E-state index in [0.29, 0.717) is 31.6 Å². The van der Waals surface area contributed by atoms with E-state index in [4.69, 9.17) is 32.7 Å². The van der Waals surface area contributed by atoms with Gasteiger partial charge in [0.05, 0.1) is 17.1 Å². The molecule has 0 aromatic heterocycles. The Kier molecular flexibility index (Phi) is 5.14. The van der Waals surface area contributed by atoms with Gasteiger partial charge in [-0.1, -0.05) is 23.2 Å². The molecule has 0 atom stereocenters. The highest BCUT2D eigenvalue weighted by atomic mass is 79.9. The van der Waals surface area contributed by atoms with Gasteiger partial charge in [-0.25, -0.2) is 4.79 Å². The molecule has 0 fully saturated rings. The number of carbonyl (C=O) groups excluding carboxylic acids is 1. The van der Waals surface area contributed by atoms with Crippen molar-refractivity contribution in [2.75, 3.05) is 7.11 Å². The largest absolute Gasteiger partial charge is 0.496 e. The van der Waals surface area contributed by atoms with Gasteiger partial charge in [0.1, 0.15) is 11.5 Å². The Hall–Kier alpha value is -1.23. The van der Waals surface area contributed by atoms with Crippen LogP contribution < -0.4 is 9.47 Å². The minimum Gasteiger partial charge on any atom is -0.496 e. The van der Waals surface area contributed by atoms with Gasteiger partial charge in [-0.05, 0) is 58.7 Å². The quantitative estimate of drug-likeness (QED) is 0.528. The van der Waals surface area contributed by atoms with Gasteiger partial charge in [0.15, 0.2) is 0 Å². The van der Waals surface area contributed by atoms with E-state index in [1.807, 2.05) is 0 Å². The maximum Gasteiger partial charge on any atom is 0.343 e. The number of carbonyl (C=O) groups is 1. The Bertz CT molecular complexity index is 678. The fourth-order valence-electron chi connectivity index (χ4n) is 1.64. The summed E-state index contributed by atoms with van der Waals surface area (Å²) in [4.78, 5) is 12.1. The number of hydrogen-bond acceptors (Lipinski definition) is 3. The molecule has 0 amide bonds. The van der Waals surface area contributed by atoms with Crippen molar-refractivity contribution >= 4 is 45.1 Å². The van der Waals surface area contributed by atoms with Crippen LogP contribution in [0, 0.1) is 6.92 Å². The van der Waals surface area contributed by atoms with E-state index in [0.717, 1.165) is 5.56 Å². The van der Waals surface area contributed by atoms with Crippen molar-refractivity contribution in [1.29, 1.82) is 0 Å². The summed E-state index contributed by atoms with van der Waals surface area (Å²) >= 11 is 15.3. The second-order valence-electron chi connectivity index (χ2n) is 4.25. The van der Waals surface area contributed by atoms with Crippen molar-refractivity contribution in [1.82, 2.24) is 0 Å². The zero-order chi connectivity index (χ0) is 15.6. The second kappa shape index (κ2) is 6.69. The molecule has 0 unspecified atom stereocenters. The van der Waals surface area contributed by atoms with E-state index in [-0.39, 0.29) is 0 Å². The Balaban J connectivity index is 2.24. The van der Waals surface area contributed by atoms with E-state index in [9.17, 15) is 4.79 Å². The van der Waals surface area contributed by atoms with E-state index in [1.165, 1.54) is 0 Å². The molecule has 0 bridgehead atoms. The molecule has 0 radical (unpaired) electrons. The van der Waals surface area contributed by atoms with Crippen LogP contribution in [0.2, 0.25) is 10.0 Å². The second-order valence-corrected chi connectivity index (χ2v) is 5.92. The van der Waals surface area contributed by atoms with Crippen LogP contribution in [0.1, 0.15) is 15.9 Å². The highest BCUT2D eigenvalue weighted by molar-refractivity contribution is 9.10. The predicted molar refractivity (Wildman–Crippen MR) is 86.9 cm³/mol. The van der Waals surface area contributed by atoms with Crippen molar-refractivity contribution in [3.05, 3.63) is 56.0 Å². The smallest absolute Gasteiger partial charge is 0.343 e. The summed E-state index contributed by atoms with van der Waals surface area (Å²) in [6.07, 6.45) is 0. The lowest BCUT2D eigenvalue weighted by molar-refractivity contribution is 0.0734. The minimum atomic E-state index is -0.505. The third-order valence-corrected chi connectivity index (χ3v) is 4.26. The monoisotopic (exact) mass is 388 g/mol. The zero-order valence-electron chi connectivity index (χ0n) is 11.2. The van der Waals surface area contributed by atoms with Crippen molar-refractivity contribution < 1.29 is 14.3 Å². The van der Waals surface area contributed by atoms with Crippen LogP contribution >= 0.6 is 39.1 Å². The summed E-state index contributed by atoms with van der Waals surface area (Å²) in [7, 11) is 1.55. The zero-order valence-corrected chi connectivity index (χ0v) is 14.3. The van der Waals surface area contributed by atoms with Crippen LogP contribution in [0.3, 0.4) is 0 Å². The molecule has 0 N–H and O–H groups in total. The molecule has 2 aromatic rings. The lowest BCUT2D eigenvalue weighted by Gasteiger charge is -2.09. The molecule has 0 aliphatic carbocycles. The van der Waals surface area contributed by atoms with Crippen LogP contribution in [0.4, 0.5) is 0 Å². The van der Waals surface area contributed by atoms with Crippen LogP contribution in [0.5, 0.6) is 11.5 Å². The lowest BCUT2D eigenvalue weighted by Crippen LogP contribution is -2.08. The fraction of sp³-hybridized carbons (Fsp3) is 0.133. The highest BCUT2D eigenvalue weighted by Gasteiger charge is 2.13. The number of methoxy groups -OCH3 is 1. The first kappa shape index (κ1) is 16.1. The van der Waals surface area contributed by atoms with Crippen molar-refractivity contribution in [2.24, 2.45) is 0 Å². The fourth-order valence-corrected chi connectivity index (χ4v) is 2.65. The topological polar surface area (TPSA) is 35.5 Å². The summed E-state index contributed by atoms with van der Waals surface area (Å²) in [6.45, 7) is 1.79. The first-order chi connectivity index (χ1) is 9.92. The minimum absolute atomic E-state index is 0.299. The Morgan fingerprint density at radius 2 is 1.76 bits per heavy atom. The van der Waals surface area contributed by atoms with Gasteiger partial charge in [0.25, 0.3) is 0 Å². The molecule has 0 heterocycles. The number of benzene rings is 2. The summed E-state index contributed by atoms with van der Waals surface area (Å²) in [5, 5.41) is 0.891. The van der Waals surface area contributed by atoms with E-state index in [1.54, 1.807) is 44.4 Å². The number of halogens is 3. The van der Waals surface area contributed by atoms with Gasteiger partial charge in [0.2, 0.25) is 0 Å². The normalized spacial score (nSPS) is 10.3. The molecular weight excluding hydrogens is 379 g/mol. The molecule has 2 aromatic carbocycles. The summed E-state index contributed by atoms with van der Waals surface area (Å²) in [5.74, 6) is 0.426. The Labute approximate surface area is 140 Å². The standard InChI is InChI=1S/C15H11BrCl2O3/c1-8-12(17)6-10(7-13(8)18)21-15(19)9-3-4-14(20-2)11(16)5-9/h3-7H,1-2H3. The SMILES string of the molecule is COc1ccc(C(=O)Oc2cc(Cl)c(C)c(Cl)c2)cc1Br. The average molecular weight is 390 g/mol. The van der Waals surface area contributed by atoms with Gasteiger partial charge < -0.3 is 9.47 Å². The molecule has 21 heavy (non-hydrogen) atoms. The summed E-state index contributed by atoms with van der Waals surface area (Å²) in [6, 6.07) is 8.02. The molecule has 6 heteroatoms. The molecule has 110 valence electrons. The molecule has 0 saturated heterocycles. The third-order valence-electron chi connectivity index (χ3n) is 2.85. The van der Waals surface area contributed by atoms with Crippen molar-refractivity contribution in [2.45, 2.75) is 6.92 Å². The van der Waals surface area contributed by atoms with Crippen LogP contribution in [-0.2, 0) is 0 Å². The molecule has 0 aliphatic rings. The number of esters is 1. The molecule has 0 spiro atoms. The van der Waals surface area contributed by atoms with E-state index < -0.39 is 5.97 Å². The molecule has 0 saturated carbocycles. The van der Waals surface area contributed by atoms with Gasteiger partial charge >= 0.3 is 5.97 Å². The Morgan fingerprint density at radius 1 is 1.14 bits per heavy atom.